The first-order chi connectivity index (χ1) is 16.9. The van der Waals surface area contributed by atoms with Crippen molar-refractivity contribution in [3.05, 3.63) is 82.9 Å². The number of carbonyl (C=O) groups is 2. The van der Waals surface area contributed by atoms with Crippen LogP contribution in [0.3, 0.4) is 0 Å². The Labute approximate surface area is 206 Å². The second kappa shape index (κ2) is 10.9. The molecule has 1 amide bonds. The molecule has 2 aliphatic heterocycles. The van der Waals surface area contributed by atoms with Gasteiger partial charge in [0, 0.05) is 31.7 Å². The van der Waals surface area contributed by atoms with Crippen LogP contribution in [0.25, 0.3) is 5.76 Å². The van der Waals surface area contributed by atoms with Crippen LogP contribution in [0, 0.1) is 13.8 Å². The normalized spacial score (nSPS) is 20.3. The highest BCUT2D eigenvalue weighted by Gasteiger charge is 2.46. The van der Waals surface area contributed by atoms with E-state index in [9.17, 15) is 14.7 Å². The van der Waals surface area contributed by atoms with Gasteiger partial charge in [-0.25, -0.2) is 0 Å². The minimum absolute atomic E-state index is 0.111. The summed E-state index contributed by atoms with van der Waals surface area (Å²) < 4.78 is 11.1. The van der Waals surface area contributed by atoms with Gasteiger partial charge in [0.1, 0.15) is 18.1 Å². The molecule has 0 spiro atoms. The number of morpholine rings is 1. The van der Waals surface area contributed by atoms with E-state index in [-0.39, 0.29) is 11.3 Å². The zero-order valence-corrected chi connectivity index (χ0v) is 20.3. The Morgan fingerprint density at radius 3 is 2.49 bits per heavy atom. The summed E-state index contributed by atoms with van der Waals surface area (Å²) in [5, 5.41) is 11.3. The summed E-state index contributed by atoms with van der Waals surface area (Å²) >= 11 is 0. The number of likely N-dealkylation sites (tertiary alicyclic amines) is 1. The molecule has 2 fully saturated rings. The molecule has 1 atom stereocenters. The smallest absolute Gasteiger partial charge is 0.295 e. The quantitative estimate of drug-likeness (QED) is 0.271. The lowest BCUT2D eigenvalue weighted by molar-refractivity contribution is -0.140. The van der Waals surface area contributed by atoms with Crippen molar-refractivity contribution in [3.63, 3.8) is 0 Å². The number of aliphatic hydroxyl groups excluding tert-OH is 1. The van der Waals surface area contributed by atoms with Gasteiger partial charge in [-0.1, -0.05) is 42.5 Å². The van der Waals surface area contributed by atoms with Gasteiger partial charge in [0.2, 0.25) is 0 Å². The Hall–Kier alpha value is -3.42. The van der Waals surface area contributed by atoms with Crippen LogP contribution in [-0.4, -0.2) is 72.6 Å². The maximum atomic E-state index is 13.2. The molecule has 35 heavy (non-hydrogen) atoms. The van der Waals surface area contributed by atoms with Crippen molar-refractivity contribution in [2.75, 3.05) is 46.0 Å². The monoisotopic (exact) mass is 476 g/mol. The summed E-state index contributed by atoms with van der Waals surface area (Å²) in [4.78, 5) is 30.2. The Kier molecular flexibility index (Phi) is 7.68. The van der Waals surface area contributed by atoms with E-state index in [0.717, 1.165) is 29.8 Å². The van der Waals surface area contributed by atoms with E-state index < -0.39 is 17.7 Å². The van der Waals surface area contributed by atoms with E-state index in [1.807, 2.05) is 38.1 Å². The predicted molar refractivity (Wildman–Crippen MR) is 134 cm³/mol. The molecule has 0 aromatic heterocycles. The standard InChI is InChI=1S/C28H32N2O5/c1-4-15-35-23-10-9-22(18-20(23)3)26(31)24-25(21-7-5-19(2)6-8-21)30(28(33)27(24)32)12-11-29-13-16-34-17-14-29/h4-10,18,25,31H,1,11-17H2,2-3H3. The third-order valence-electron chi connectivity index (χ3n) is 6.50. The van der Waals surface area contributed by atoms with Crippen LogP contribution in [0.5, 0.6) is 5.75 Å². The first-order valence-corrected chi connectivity index (χ1v) is 11.9. The maximum Gasteiger partial charge on any atom is 0.295 e. The molecule has 7 nitrogen and oxygen atoms in total. The Morgan fingerprint density at radius 2 is 1.83 bits per heavy atom. The lowest BCUT2D eigenvalue weighted by Gasteiger charge is -2.31. The van der Waals surface area contributed by atoms with Crippen LogP contribution in [-0.2, 0) is 14.3 Å². The van der Waals surface area contributed by atoms with Crippen molar-refractivity contribution in [1.29, 1.82) is 0 Å². The van der Waals surface area contributed by atoms with Gasteiger partial charge in [0.05, 0.1) is 24.8 Å². The topological polar surface area (TPSA) is 79.3 Å². The van der Waals surface area contributed by atoms with Crippen molar-refractivity contribution >= 4 is 17.4 Å². The minimum atomic E-state index is -0.667. The van der Waals surface area contributed by atoms with E-state index in [0.29, 0.717) is 44.2 Å². The number of Topliss-reactive ketones (excluding diaryl/α,β-unsaturated/α-hetero) is 1. The van der Waals surface area contributed by atoms with Crippen molar-refractivity contribution in [1.82, 2.24) is 9.80 Å². The molecule has 7 heteroatoms. The van der Waals surface area contributed by atoms with Crippen LogP contribution in [0.15, 0.2) is 60.7 Å². The average Bonchev–Trinajstić information content (AvgIpc) is 3.12. The van der Waals surface area contributed by atoms with E-state index in [4.69, 9.17) is 9.47 Å². The molecule has 0 bridgehead atoms. The van der Waals surface area contributed by atoms with Gasteiger partial charge in [0.15, 0.2) is 0 Å². The minimum Gasteiger partial charge on any atom is -0.507 e. The summed E-state index contributed by atoms with van der Waals surface area (Å²) in [7, 11) is 0. The molecule has 2 heterocycles. The molecule has 2 aromatic carbocycles. The van der Waals surface area contributed by atoms with E-state index in [1.54, 1.807) is 29.2 Å². The maximum absolute atomic E-state index is 13.2. The number of nitrogens with zero attached hydrogens (tertiary/aromatic N) is 2. The second-order valence-corrected chi connectivity index (χ2v) is 8.94. The van der Waals surface area contributed by atoms with Gasteiger partial charge < -0.3 is 19.5 Å². The Balaban J connectivity index is 1.71. The van der Waals surface area contributed by atoms with Crippen LogP contribution < -0.4 is 4.74 Å². The number of hydrogen-bond donors (Lipinski definition) is 1. The highest BCUT2D eigenvalue weighted by Crippen LogP contribution is 2.39. The fraction of sp³-hybridized carbons (Fsp3) is 0.357. The van der Waals surface area contributed by atoms with E-state index in [2.05, 4.69) is 11.5 Å². The van der Waals surface area contributed by atoms with Crippen LogP contribution in [0.1, 0.15) is 28.3 Å². The zero-order chi connectivity index (χ0) is 24.9. The molecule has 1 N–H and O–H groups in total. The van der Waals surface area contributed by atoms with Gasteiger partial charge in [-0.05, 0) is 43.2 Å². The van der Waals surface area contributed by atoms with Gasteiger partial charge >= 0.3 is 0 Å². The molecule has 1 unspecified atom stereocenters. The molecule has 0 aliphatic carbocycles. The third-order valence-corrected chi connectivity index (χ3v) is 6.50. The number of hydrogen-bond acceptors (Lipinski definition) is 6. The predicted octanol–water partition coefficient (Wildman–Crippen LogP) is 3.62. The van der Waals surface area contributed by atoms with E-state index in [1.165, 1.54) is 0 Å². The van der Waals surface area contributed by atoms with Crippen molar-refractivity contribution < 1.29 is 24.2 Å². The Bertz CT molecular complexity index is 1130. The lowest BCUT2D eigenvalue weighted by atomic mass is 9.94. The molecule has 184 valence electrons. The van der Waals surface area contributed by atoms with Crippen molar-refractivity contribution in [2.45, 2.75) is 19.9 Å². The fourth-order valence-electron chi connectivity index (χ4n) is 4.54. The molecular weight excluding hydrogens is 444 g/mol. The number of carbonyl (C=O) groups excluding carboxylic acids is 2. The lowest BCUT2D eigenvalue weighted by Crippen LogP contribution is -2.42. The first-order valence-electron chi connectivity index (χ1n) is 11.9. The highest BCUT2D eigenvalue weighted by molar-refractivity contribution is 6.46. The highest BCUT2D eigenvalue weighted by atomic mass is 16.5. The number of ether oxygens (including phenoxy) is 2. The van der Waals surface area contributed by atoms with E-state index >= 15 is 0 Å². The number of amides is 1. The average molecular weight is 477 g/mol. The summed E-state index contributed by atoms with van der Waals surface area (Å²) in [6.45, 7) is 11.8. The third kappa shape index (κ3) is 5.31. The molecule has 2 saturated heterocycles. The second-order valence-electron chi connectivity index (χ2n) is 8.94. The van der Waals surface area contributed by atoms with Crippen molar-refractivity contribution in [2.24, 2.45) is 0 Å². The SMILES string of the molecule is C=CCOc1ccc(C(O)=C2C(=O)C(=O)N(CCN3CCOCC3)C2c2ccc(C)cc2)cc1C. The number of aryl methyl sites for hydroxylation is 2. The summed E-state index contributed by atoms with van der Waals surface area (Å²) in [6.07, 6.45) is 1.66. The zero-order valence-electron chi connectivity index (χ0n) is 20.3. The van der Waals surface area contributed by atoms with Crippen LogP contribution in [0.4, 0.5) is 0 Å². The van der Waals surface area contributed by atoms with Crippen molar-refractivity contribution in [3.8, 4) is 5.75 Å². The summed E-state index contributed by atoms with van der Waals surface area (Å²) in [6, 6.07) is 12.3. The largest absolute Gasteiger partial charge is 0.507 e. The molecule has 2 aliphatic rings. The molecule has 4 rings (SSSR count). The molecule has 0 saturated carbocycles. The molecular formula is C28H32N2O5. The van der Waals surface area contributed by atoms with Crippen LogP contribution >= 0.6 is 0 Å². The summed E-state index contributed by atoms with van der Waals surface area (Å²) in [5.41, 5.74) is 3.26. The summed E-state index contributed by atoms with van der Waals surface area (Å²) in [5.74, 6) is -0.767. The molecule has 0 radical (unpaired) electrons. The first kappa shape index (κ1) is 24.7. The van der Waals surface area contributed by atoms with Gasteiger partial charge in [-0.3, -0.25) is 14.5 Å². The number of ketones is 1. The number of rotatable bonds is 8. The fourth-order valence-corrected chi connectivity index (χ4v) is 4.54. The Morgan fingerprint density at radius 1 is 1.11 bits per heavy atom. The van der Waals surface area contributed by atoms with Gasteiger partial charge in [0.25, 0.3) is 11.7 Å². The van der Waals surface area contributed by atoms with Gasteiger partial charge in [-0.2, -0.15) is 0 Å². The number of benzene rings is 2. The number of aliphatic hydroxyl groups is 1. The molecule has 2 aromatic rings. The van der Waals surface area contributed by atoms with Crippen LogP contribution in [0.2, 0.25) is 0 Å². The van der Waals surface area contributed by atoms with Gasteiger partial charge in [-0.15, -0.1) is 0 Å².